The van der Waals surface area contributed by atoms with Gasteiger partial charge < -0.3 is 9.47 Å². The second-order valence-corrected chi connectivity index (χ2v) is 1.71. The van der Waals surface area contributed by atoms with Crippen LogP contribution in [0.3, 0.4) is 0 Å². The third kappa shape index (κ3) is 37.0. The van der Waals surface area contributed by atoms with E-state index in [4.69, 9.17) is 9.30 Å². The summed E-state index contributed by atoms with van der Waals surface area (Å²) in [5.74, 6) is 0. The quantitative estimate of drug-likeness (QED) is 0.336. The standard InChI is InChI=1S/C5H5.C4H8O2.2CO.Fe/c1-2-4-5-3-1;1-5-3-4-6-2;2*1-2;/h1-5H;3-4H,1-2H3;;;. The van der Waals surface area contributed by atoms with Crippen molar-refractivity contribution in [3.05, 3.63) is 58.6 Å². The van der Waals surface area contributed by atoms with Crippen molar-refractivity contribution in [3.63, 3.8) is 0 Å². The van der Waals surface area contributed by atoms with Gasteiger partial charge in [-0.3, -0.25) is 0 Å². The van der Waals surface area contributed by atoms with E-state index in [1.54, 1.807) is 14.2 Å². The molecule has 1 saturated carbocycles. The van der Waals surface area contributed by atoms with Crippen molar-refractivity contribution in [3.8, 4) is 0 Å². The van der Waals surface area contributed by atoms with Crippen molar-refractivity contribution in [2.24, 2.45) is 0 Å². The van der Waals surface area contributed by atoms with Gasteiger partial charge in [-0.25, -0.2) is 0 Å². The summed E-state index contributed by atoms with van der Waals surface area (Å²) in [6, 6.07) is 0. The van der Waals surface area contributed by atoms with Gasteiger partial charge in [0, 0.05) is 31.3 Å². The molecule has 4 nitrogen and oxygen atoms in total. The number of ether oxygens (including phenoxy) is 2. The van der Waals surface area contributed by atoms with Crippen LogP contribution in [-0.4, -0.2) is 14.2 Å². The molecule has 7 radical (unpaired) electrons. The zero-order chi connectivity index (χ0) is 12.4. The summed E-state index contributed by atoms with van der Waals surface area (Å²) in [6.07, 6.45) is 10.0. The predicted molar refractivity (Wildman–Crippen MR) is 52.0 cm³/mol. The third-order valence-corrected chi connectivity index (χ3v) is 0.883. The van der Waals surface area contributed by atoms with E-state index >= 15 is 0 Å². The van der Waals surface area contributed by atoms with E-state index < -0.39 is 0 Å². The molecule has 0 bridgehead atoms. The van der Waals surface area contributed by atoms with Crippen molar-refractivity contribution in [1.82, 2.24) is 0 Å². The van der Waals surface area contributed by atoms with Crippen molar-refractivity contribution in [2.45, 2.75) is 0 Å². The smallest absolute Gasteiger partial charge is 0 e. The van der Waals surface area contributed by atoms with Gasteiger partial charge in [-0.1, -0.05) is 0 Å². The Balaban J connectivity index is -0.0000000658. The predicted octanol–water partition coefficient (Wildman–Crippen LogP) is 1.55. The molecule has 0 unspecified atom stereocenters. The van der Waals surface area contributed by atoms with Gasteiger partial charge in [0.15, 0.2) is 0 Å². The molecule has 0 aromatic carbocycles. The minimum atomic E-state index is 0. The Labute approximate surface area is 109 Å². The van der Waals surface area contributed by atoms with Crippen molar-refractivity contribution >= 4 is 0 Å². The van der Waals surface area contributed by atoms with Gasteiger partial charge in [0.1, 0.15) is 13.2 Å². The van der Waals surface area contributed by atoms with Gasteiger partial charge in [0.2, 0.25) is 0 Å². The Morgan fingerprint density at radius 2 is 0.938 bits per heavy atom. The molecule has 0 aromatic rings. The number of methoxy groups -OCH3 is 2. The molecule has 0 saturated heterocycles. The Bertz CT molecular complexity index is 104. The van der Waals surface area contributed by atoms with Crippen LogP contribution in [0.25, 0.3) is 0 Å². The molecule has 0 aromatic heterocycles. The van der Waals surface area contributed by atoms with Crippen LogP contribution in [0.15, 0.2) is 0 Å². The van der Waals surface area contributed by atoms with Crippen LogP contribution >= 0.6 is 0 Å². The molecule has 0 heterocycles. The van der Waals surface area contributed by atoms with Gasteiger partial charge in [-0.2, -0.15) is 0 Å². The van der Waals surface area contributed by atoms with Gasteiger partial charge in [-0.05, 0) is 32.1 Å². The van der Waals surface area contributed by atoms with E-state index in [0.29, 0.717) is 0 Å². The summed E-state index contributed by atoms with van der Waals surface area (Å²) in [5.41, 5.74) is 0. The molecule has 5 heteroatoms. The van der Waals surface area contributed by atoms with Gasteiger partial charge in [0.05, 0.1) is 0 Å². The van der Waals surface area contributed by atoms with E-state index in [-0.39, 0.29) is 17.1 Å². The first-order valence-corrected chi connectivity index (χ1v) is 3.70. The first-order valence-electron chi connectivity index (χ1n) is 3.70. The minimum absolute atomic E-state index is 0. The maximum absolute atomic E-state index is 7.50. The Morgan fingerprint density at radius 3 is 1.06 bits per heavy atom. The summed E-state index contributed by atoms with van der Waals surface area (Å²) in [4.78, 5) is 0. The topological polar surface area (TPSA) is 58.3 Å². The normalized spacial score (nSPS) is 11.1. The van der Waals surface area contributed by atoms with Crippen molar-refractivity contribution < 1.29 is 35.8 Å². The Morgan fingerprint density at radius 1 is 0.750 bits per heavy atom. The molecule has 0 atom stereocenters. The number of rotatable bonds is 3. The van der Waals surface area contributed by atoms with Gasteiger partial charge in [0.25, 0.3) is 0 Å². The van der Waals surface area contributed by atoms with Crippen LogP contribution in [-0.2, 0) is 35.8 Å². The summed E-state index contributed by atoms with van der Waals surface area (Å²) in [7, 11) is 3.13. The summed E-state index contributed by atoms with van der Waals surface area (Å²) in [5, 5.41) is 0. The maximum atomic E-state index is 7.50. The van der Waals surface area contributed by atoms with Crippen molar-refractivity contribution in [2.75, 3.05) is 14.2 Å². The number of hydrogen-bond acceptors (Lipinski definition) is 2. The van der Waals surface area contributed by atoms with Crippen LogP contribution in [0.2, 0.25) is 0 Å². The average molecular weight is 265 g/mol. The molecular weight excluding hydrogens is 252 g/mol. The maximum Gasteiger partial charge on any atom is 0 e. The summed E-state index contributed by atoms with van der Waals surface area (Å²) >= 11 is 0. The first kappa shape index (κ1) is 24.9. The monoisotopic (exact) mass is 265 g/mol. The van der Waals surface area contributed by atoms with Crippen LogP contribution in [0.4, 0.5) is 0 Å². The Kier molecular flexibility index (Phi) is 56.6. The van der Waals surface area contributed by atoms with E-state index in [0.717, 1.165) is 0 Å². The fourth-order valence-corrected chi connectivity index (χ4v) is 0.432. The van der Waals surface area contributed by atoms with E-state index in [2.05, 4.69) is 22.8 Å². The van der Waals surface area contributed by atoms with Crippen LogP contribution < -0.4 is 0 Å². The molecule has 89 valence electrons. The zero-order valence-electron chi connectivity index (χ0n) is 9.03. The van der Waals surface area contributed by atoms with Crippen LogP contribution in [0.1, 0.15) is 0 Å². The molecule has 1 fully saturated rings. The van der Waals surface area contributed by atoms with Crippen molar-refractivity contribution in [1.29, 1.82) is 0 Å². The molecule has 1 rings (SSSR count). The molecular formula is C11H13FeO4. The second-order valence-electron chi connectivity index (χ2n) is 1.71. The Hall–Kier alpha value is -0.0805. The molecule has 16 heavy (non-hydrogen) atoms. The average Bonchev–Trinajstić information content (AvgIpc) is 2.90. The van der Waals surface area contributed by atoms with Crippen LogP contribution in [0, 0.1) is 58.6 Å². The molecule has 1 aliphatic rings. The minimum Gasteiger partial charge on any atom is -0.0312 e. The van der Waals surface area contributed by atoms with E-state index in [1.807, 2.05) is 32.1 Å². The van der Waals surface area contributed by atoms with E-state index in [9.17, 15) is 0 Å². The zero-order valence-corrected chi connectivity index (χ0v) is 10.1. The summed E-state index contributed by atoms with van der Waals surface area (Å²) < 4.78 is 24.0. The third-order valence-electron chi connectivity index (χ3n) is 0.883. The van der Waals surface area contributed by atoms with Crippen LogP contribution in [0.5, 0.6) is 0 Å². The fraction of sp³-hybridized carbons (Fsp3) is 0.182. The molecule has 0 spiro atoms. The fourth-order valence-electron chi connectivity index (χ4n) is 0.432. The summed E-state index contributed by atoms with van der Waals surface area (Å²) in [6.45, 7) is 11.9. The molecule has 1 aliphatic carbocycles. The van der Waals surface area contributed by atoms with E-state index in [1.165, 1.54) is 13.2 Å². The van der Waals surface area contributed by atoms with Gasteiger partial charge in [-0.15, -0.1) is 0 Å². The molecule has 0 amide bonds. The number of hydrogen-bond donors (Lipinski definition) is 0. The largest absolute Gasteiger partial charge is 0.0312 e. The second kappa shape index (κ2) is 36.3. The molecule has 0 aliphatic heterocycles. The SMILES string of the molecule is CO[CH][CH]OC.[C-]#[O+].[C-]#[O+].[CH]1[CH][CH][CH][CH]1.[Fe]. The first-order chi connectivity index (χ1) is 7.41. The molecule has 0 N–H and O–H groups in total. The van der Waals surface area contributed by atoms with Gasteiger partial charge >= 0.3 is 22.6 Å².